The second kappa shape index (κ2) is 8.01. The Hall–Kier alpha value is -2.88. The number of hydrogen-bond acceptors (Lipinski definition) is 4. The molecule has 4 nitrogen and oxygen atoms in total. The van der Waals surface area contributed by atoms with Crippen LogP contribution in [-0.2, 0) is 17.6 Å². The second-order valence-corrected chi connectivity index (χ2v) is 7.57. The molecule has 1 aliphatic carbocycles. The fourth-order valence-corrected chi connectivity index (χ4v) is 3.80. The molecule has 2 aromatic carbocycles. The van der Waals surface area contributed by atoms with Crippen LogP contribution >= 0.6 is 0 Å². The number of nitrogens with zero attached hydrogens (tertiary/aromatic N) is 1. The molecule has 0 amide bonds. The van der Waals surface area contributed by atoms with Crippen molar-refractivity contribution >= 4 is 16.9 Å². The van der Waals surface area contributed by atoms with Crippen LogP contribution in [0.3, 0.4) is 0 Å². The van der Waals surface area contributed by atoms with Gasteiger partial charge in [-0.2, -0.15) is 0 Å². The van der Waals surface area contributed by atoms with Crippen molar-refractivity contribution < 1.29 is 14.3 Å². The van der Waals surface area contributed by atoms with Crippen LogP contribution in [0, 0.1) is 12.8 Å². The molecule has 3 aromatic rings. The largest absolute Gasteiger partial charge is 0.490 e. The number of hydrogen-bond donors (Lipinski definition) is 0. The standard InChI is InChI=1S/C24H25NO3/c1-16-7-10-18(11-8-16)27-13-14-28-24(26)23-19-5-3-4-6-21(19)25-22-12-9-17(2)15-20(22)23/h3-8,10-11,17H,9,12-15H2,1-2H3. The Kier molecular flexibility index (Phi) is 5.29. The third kappa shape index (κ3) is 3.86. The van der Waals surface area contributed by atoms with Crippen molar-refractivity contribution in [1.82, 2.24) is 4.98 Å². The van der Waals surface area contributed by atoms with E-state index in [0.29, 0.717) is 18.1 Å². The maximum absolute atomic E-state index is 13.0. The van der Waals surface area contributed by atoms with E-state index in [1.165, 1.54) is 5.56 Å². The number of rotatable bonds is 5. The highest BCUT2D eigenvalue weighted by atomic mass is 16.6. The van der Waals surface area contributed by atoms with E-state index in [4.69, 9.17) is 14.5 Å². The van der Waals surface area contributed by atoms with Crippen LogP contribution in [0.15, 0.2) is 48.5 Å². The number of pyridine rings is 1. The normalized spacial score (nSPS) is 15.9. The summed E-state index contributed by atoms with van der Waals surface area (Å²) < 4.78 is 11.3. The highest BCUT2D eigenvalue weighted by Gasteiger charge is 2.26. The van der Waals surface area contributed by atoms with Crippen LogP contribution in [0.5, 0.6) is 5.75 Å². The molecule has 1 aromatic heterocycles. The lowest BCUT2D eigenvalue weighted by Crippen LogP contribution is -2.20. The van der Waals surface area contributed by atoms with Crippen molar-refractivity contribution in [3.8, 4) is 5.75 Å². The summed E-state index contributed by atoms with van der Waals surface area (Å²) in [6, 6.07) is 15.7. The average molecular weight is 375 g/mol. The molecule has 28 heavy (non-hydrogen) atoms. The summed E-state index contributed by atoms with van der Waals surface area (Å²) in [5, 5.41) is 0.875. The molecule has 0 fully saturated rings. The quantitative estimate of drug-likeness (QED) is 0.470. The van der Waals surface area contributed by atoms with E-state index in [2.05, 4.69) is 6.92 Å². The van der Waals surface area contributed by atoms with Crippen molar-refractivity contribution in [1.29, 1.82) is 0 Å². The van der Waals surface area contributed by atoms with Gasteiger partial charge in [-0.25, -0.2) is 4.79 Å². The first-order valence-electron chi connectivity index (χ1n) is 9.89. The fraction of sp³-hybridized carbons (Fsp3) is 0.333. The van der Waals surface area contributed by atoms with Gasteiger partial charge >= 0.3 is 5.97 Å². The van der Waals surface area contributed by atoms with E-state index < -0.39 is 0 Å². The molecule has 0 bridgehead atoms. The van der Waals surface area contributed by atoms with Gasteiger partial charge in [0, 0.05) is 11.1 Å². The maximum Gasteiger partial charge on any atom is 0.339 e. The van der Waals surface area contributed by atoms with Gasteiger partial charge in [-0.05, 0) is 55.9 Å². The number of ether oxygens (including phenoxy) is 2. The Balaban J connectivity index is 1.51. The van der Waals surface area contributed by atoms with Gasteiger partial charge in [0.2, 0.25) is 0 Å². The lowest BCUT2D eigenvalue weighted by atomic mass is 9.84. The highest BCUT2D eigenvalue weighted by molar-refractivity contribution is 6.05. The van der Waals surface area contributed by atoms with Crippen LogP contribution < -0.4 is 4.74 Å². The molecule has 0 radical (unpaired) electrons. The second-order valence-electron chi connectivity index (χ2n) is 7.57. The third-order valence-corrected chi connectivity index (χ3v) is 5.32. The number of carbonyl (C=O) groups is 1. The van der Waals surface area contributed by atoms with Gasteiger partial charge in [0.15, 0.2) is 0 Å². The Labute approximate surface area is 165 Å². The predicted molar refractivity (Wildman–Crippen MR) is 110 cm³/mol. The molecule has 144 valence electrons. The Bertz CT molecular complexity index is 995. The van der Waals surface area contributed by atoms with E-state index in [1.807, 2.05) is 55.5 Å². The van der Waals surface area contributed by atoms with E-state index in [0.717, 1.165) is 47.2 Å². The summed E-state index contributed by atoms with van der Waals surface area (Å²) in [6.07, 6.45) is 2.90. The van der Waals surface area contributed by atoms with Crippen LogP contribution in [0.4, 0.5) is 0 Å². The van der Waals surface area contributed by atoms with E-state index in [-0.39, 0.29) is 12.6 Å². The minimum atomic E-state index is -0.281. The fourth-order valence-electron chi connectivity index (χ4n) is 3.80. The molecule has 4 heteroatoms. The summed E-state index contributed by atoms with van der Waals surface area (Å²) in [6.45, 7) is 4.80. The molecular weight excluding hydrogens is 350 g/mol. The molecule has 0 saturated heterocycles. The zero-order chi connectivity index (χ0) is 19.5. The van der Waals surface area contributed by atoms with E-state index in [1.54, 1.807) is 0 Å². The average Bonchev–Trinajstić information content (AvgIpc) is 2.70. The number of fused-ring (bicyclic) bond motifs is 2. The summed E-state index contributed by atoms with van der Waals surface area (Å²) in [5.41, 5.74) is 4.82. The lowest BCUT2D eigenvalue weighted by Gasteiger charge is -2.24. The number of aromatic nitrogens is 1. The molecule has 4 rings (SSSR count). The van der Waals surface area contributed by atoms with Crippen LogP contribution in [0.1, 0.15) is 40.5 Å². The number of carbonyl (C=O) groups excluding carboxylic acids is 1. The highest BCUT2D eigenvalue weighted by Crippen LogP contribution is 2.32. The van der Waals surface area contributed by atoms with Gasteiger partial charge < -0.3 is 9.47 Å². The molecule has 1 atom stereocenters. The van der Waals surface area contributed by atoms with Gasteiger partial charge in [-0.1, -0.05) is 42.8 Å². The summed E-state index contributed by atoms with van der Waals surface area (Å²) in [4.78, 5) is 17.8. The predicted octanol–water partition coefficient (Wildman–Crippen LogP) is 4.90. The summed E-state index contributed by atoms with van der Waals surface area (Å²) in [5.74, 6) is 1.05. The number of aryl methyl sites for hydroxylation is 2. The summed E-state index contributed by atoms with van der Waals surface area (Å²) >= 11 is 0. The van der Waals surface area contributed by atoms with Gasteiger partial charge in [0.25, 0.3) is 0 Å². The number of benzene rings is 2. The molecule has 0 saturated carbocycles. The molecule has 1 heterocycles. The van der Waals surface area contributed by atoms with Gasteiger partial charge in [0.05, 0.1) is 11.1 Å². The molecule has 0 spiro atoms. The van der Waals surface area contributed by atoms with E-state index >= 15 is 0 Å². The Morgan fingerprint density at radius 3 is 2.71 bits per heavy atom. The topological polar surface area (TPSA) is 48.4 Å². The maximum atomic E-state index is 13.0. The Morgan fingerprint density at radius 1 is 1.11 bits per heavy atom. The third-order valence-electron chi connectivity index (χ3n) is 5.32. The minimum Gasteiger partial charge on any atom is -0.490 e. The molecule has 1 unspecified atom stereocenters. The van der Waals surface area contributed by atoms with Crippen molar-refractivity contribution in [3.63, 3.8) is 0 Å². The van der Waals surface area contributed by atoms with Crippen molar-refractivity contribution in [2.45, 2.75) is 33.1 Å². The lowest BCUT2D eigenvalue weighted by molar-refractivity contribution is 0.0451. The molecular formula is C24H25NO3. The zero-order valence-corrected chi connectivity index (χ0v) is 16.4. The molecule has 1 aliphatic rings. The minimum absolute atomic E-state index is 0.216. The number of esters is 1. The monoisotopic (exact) mass is 375 g/mol. The Morgan fingerprint density at radius 2 is 1.89 bits per heavy atom. The van der Waals surface area contributed by atoms with Crippen LogP contribution in [0.2, 0.25) is 0 Å². The van der Waals surface area contributed by atoms with E-state index in [9.17, 15) is 4.79 Å². The molecule has 0 N–H and O–H groups in total. The smallest absolute Gasteiger partial charge is 0.339 e. The first-order valence-corrected chi connectivity index (χ1v) is 9.89. The SMILES string of the molecule is Cc1ccc(OCCOC(=O)c2c3c(nc4ccccc24)CCC(C)C3)cc1. The molecule has 0 aliphatic heterocycles. The van der Waals surface area contributed by atoms with Crippen molar-refractivity contribution in [2.24, 2.45) is 5.92 Å². The number of para-hydroxylation sites is 1. The summed E-state index contributed by atoms with van der Waals surface area (Å²) in [7, 11) is 0. The first kappa shape index (κ1) is 18.5. The van der Waals surface area contributed by atoms with Crippen LogP contribution in [-0.4, -0.2) is 24.2 Å². The van der Waals surface area contributed by atoms with Crippen molar-refractivity contribution in [2.75, 3.05) is 13.2 Å². The van der Waals surface area contributed by atoms with Gasteiger partial charge in [-0.15, -0.1) is 0 Å². The van der Waals surface area contributed by atoms with Crippen molar-refractivity contribution in [3.05, 3.63) is 70.9 Å². The first-order chi connectivity index (χ1) is 13.6. The van der Waals surface area contributed by atoms with Crippen LogP contribution in [0.25, 0.3) is 10.9 Å². The zero-order valence-electron chi connectivity index (χ0n) is 16.4. The van der Waals surface area contributed by atoms with Gasteiger partial charge in [0.1, 0.15) is 19.0 Å². The van der Waals surface area contributed by atoms with Gasteiger partial charge in [-0.3, -0.25) is 4.98 Å².